The van der Waals surface area contributed by atoms with Crippen molar-refractivity contribution in [3.05, 3.63) is 59.4 Å². The summed E-state index contributed by atoms with van der Waals surface area (Å²) in [5.74, 6) is 0.774. The fraction of sp³-hybridized carbons (Fsp3) is 0.320. The molecule has 0 aliphatic carbocycles. The number of aromatic nitrogens is 2. The number of phenolic OH excluding ortho intramolecular Hbond substituents is 1. The monoisotopic (exact) mass is 483 g/mol. The van der Waals surface area contributed by atoms with Crippen LogP contribution in [0, 0.1) is 5.41 Å². The second-order valence-corrected chi connectivity index (χ2v) is 9.49. The molecule has 3 rings (SSSR count). The van der Waals surface area contributed by atoms with Crippen molar-refractivity contribution in [1.82, 2.24) is 20.2 Å². The predicted octanol–water partition coefficient (Wildman–Crippen LogP) is 4.57. The molecule has 9 heteroatoms. The van der Waals surface area contributed by atoms with Crippen LogP contribution in [0.3, 0.4) is 0 Å². The van der Waals surface area contributed by atoms with Gasteiger partial charge in [-0.05, 0) is 49.8 Å². The summed E-state index contributed by atoms with van der Waals surface area (Å²) in [4.78, 5) is 23.8. The minimum atomic E-state index is -0.258. The number of phenols is 1. The third kappa shape index (κ3) is 6.59. The number of anilines is 2. The summed E-state index contributed by atoms with van der Waals surface area (Å²) in [6.45, 7) is 5.53. The highest BCUT2D eigenvalue weighted by Crippen LogP contribution is 2.33. The molecule has 0 atom stereocenters. The Morgan fingerprint density at radius 2 is 1.88 bits per heavy atom. The highest BCUT2D eigenvalue weighted by molar-refractivity contribution is 6.33. The zero-order valence-corrected chi connectivity index (χ0v) is 20.8. The molecular weight excluding hydrogens is 454 g/mol. The van der Waals surface area contributed by atoms with Crippen molar-refractivity contribution in [2.24, 2.45) is 5.41 Å². The molecule has 0 radical (unpaired) electrons. The number of rotatable bonds is 9. The van der Waals surface area contributed by atoms with E-state index in [1.807, 2.05) is 14.1 Å². The summed E-state index contributed by atoms with van der Waals surface area (Å²) in [5.41, 5.74) is 2.22. The second-order valence-electron chi connectivity index (χ2n) is 9.08. The number of methoxy groups -OCH3 is 1. The lowest BCUT2D eigenvalue weighted by Gasteiger charge is -2.28. The lowest BCUT2D eigenvalue weighted by Crippen LogP contribution is -2.40. The van der Waals surface area contributed by atoms with E-state index in [-0.39, 0.29) is 17.1 Å². The molecule has 2 aromatic carbocycles. The Kier molecular flexibility index (Phi) is 7.96. The Morgan fingerprint density at radius 3 is 2.53 bits per heavy atom. The van der Waals surface area contributed by atoms with E-state index in [4.69, 9.17) is 16.3 Å². The predicted molar refractivity (Wildman–Crippen MR) is 135 cm³/mol. The molecule has 0 unspecified atom stereocenters. The van der Waals surface area contributed by atoms with Gasteiger partial charge in [0.15, 0.2) is 0 Å². The van der Waals surface area contributed by atoms with E-state index in [9.17, 15) is 9.90 Å². The van der Waals surface area contributed by atoms with Crippen molar-refractivity contribution in [1.29, 1.82) is 0 Å². The molecule has 1 aromatic heterocycles. The Balaban J connectivity index is 1.79. The first-order chi connectivity index (χ1) is 16.1. The van der Waals surface area contributed by atoms with Gasteiger partial charge in [-0.15, -0.1) is 0 Å². The van der Waals surface area contributed by atoms with Gasteiger partial charge in [-0.1, -0.05) is 25.4 Å². The van der Waals surface area contributed by atoms with Gasteiger partial charge >= 0.3 is 0 Å². The van der Waals surface area contributed by atoms with Crippen LogP contribution in [0.4, 0.5) is 11.5 Å². The number of nitrogens with zero attached hydrogens (tertiary/aromatic N) is 3. The van der Waals surface area contributed by atoms with Crippen LogP contribution in [-0.2, 0) is 0 Å². The van der Waals surface area contributed by atoms with Gasteiger partial charge in [-0.3, -0.25) is 9.78 Å². The smallest absolute Gasteiger partial charge is 0.255 e. The summed E-state index contributed by atoms with van der Waals surface area (Å²) in [6, 6.07) is 9.93. The maximum absolute atomic E-state index is 12.9. The summed E-state index contributed by atoms with van der Waals surface area (Å²) in [6.07, 6.45) is 3.20. The topological polar surface area (TPSA) is 99.6 Å². The Labute approximate surface area is 205 Å². The zero-order valence-electron chi connectivity index (χ0n) is 20.0. The number of hydrogen-bond acceptors (Lipinski definition) is 7. The van der Waals surface area contributed by atoms with Crippen LogP contribution in [0.1, 0.15) is 24.2 Å². The molecular formula is C25H30ClN5O3. The number of carbonyl (C=O) groups excluding carboxylic acids is 1. The standard InChI is InChI=1S/C25H30ClN5O3/c1-25(2,15-31(3)4)14-28-24(33)18-10-19(26)20(11-22(18)34-5)29-23-13-27-12-21(30-23)16-6-8-17(32)9-7-16/h6-13,32H,14-15H2,1-5H3,(H,28,33)(H,29,30). The average Bonchev–Trinajstić information content (AvgIpc) is 2.78. The van der Waals surface area contributed by atoms with E-state index >= 15 is 0 Å². The van der Waals surface area contributed by atoms with Gasteiger partial charge in [0.2, 0.25) is 0 Å². The van der Waals surface area contributed by atoms with E-state index < -0.39 is 0 Å². The number of hydrogen-bond donors (Lipinski definition) is 3. The van der Waals surface area contributed by atoms with E-state index in [0.717, 1.165) is 12.1 Å². The maximum atomic E-state index is 12.9. The fourth-order valence-electron chi connectivity index (χ4n) is 3.66. The van der Waals surface area contributed by atoms with E-state index in [0.29, 0.717) is 40.1 Å². The van der Waals surface area contributed by atoms with Crippen molar-refractivity contribution >= 4 is 29.0 Å². The van der Waals surface area contributed by atoms with Crippen molar-refractivity contribution in [2.45, 2.75) is 13.8 Å². The molecule has 0 aliphatic rings. The number of aromatic hydroxyl groups is 1. The first-order valence-corrected chi connectivity index (χ1v) is 11.1. The molecule has 0 bridgehead atoms. The number of ether oxygens (including phenoxy) is 1. The Morgan fingerprint density at radius 1 is 1.18 bits per heavy atom. The fourth-order valence-corrected chi connectivity index (χ4v) is 3.87. The van der Waals surface area contributed by atoms with Crippen molar-refractivity contribution in [2.75, 3.05) is 39.6 Å². The van der Waals surface area contributed by atoms with Gasteiger partial charge in [0.1, 0.15) is 17.3 Å². The minimum Gasteiger partial charge on any atom is -0.508 e. The van der Waals surface area contributed by atoms with Gasteiger partial charge in [0.25, 0.3) is 5.91 Å². The SMILES string of the molecule is COc1cc(Nc2cncc(-c3ccc(O)cc3)n2)c(Cl)cc1C(=O)NCC(C)(C)CN(C)C. The Bertz CT molecular complexity index is 1150. The van der Waals surface area contributed by atoms with Gasteiger partial charge in [0, 0.05) is 24.7 Å². The summed E-state index contributed by atoms with van der Waals surface area (Å²) < 4.78 is 5.47. The van der Waals surface area contributed by atoms with Crippen LogP contribution < -0.4 is 15.4 Å². The van der Waals surface area contributed by atoms with E-state index in [2.05, 4.69) is 39.3 Å². The van der Waals surface area contributed by atoms with Crippen LogP contribution >= 0.6 is 11.6 Å². The minimum absolute atomic E-state index is 0.0983. The third-order valence-corrected chi connectivity index (χ3v) is 5.38. The van der Waals surface area contributed by atoms with Crippen LogP contribution in [0.15, 0.2) is 48.8 Å². The average molecular weight is 484 g/mol. The highest BCUT2D eigenvalue weighted by Gasteiger charge is 2.22. The lowest BCUT2D eigenvalue weighted by molar-refractivity contribution is 0.0926. The maximum Gasteiger partial charge on any atom is 0.255 e. The molecule has 0 aliphatic heterocycles. The molecule has 8 nitrogen and oxygen atoms in total. The quantitative estimate of drug-likeness (QED) is 0.410. The van der Waals surface area contributed by atoms with Gasteiger partial charge in [-0.2, -0.15) is 0 Å². The zero-order chi connectivity index (χ0) is 24.9. The van der Waals surface area contributed by atoms with Gasteiger partial charge in [-0.25, -0.2) is 4.98 Å². The molecule has 3 aromatic rings. The summed E-state index contributed by atoms with van der Waals surface area (Å²) >= 11 is 6.50. The number of nitrogens with one attached hydrogen (secondary N) is 2. The van der Waals surface area contributed by atoms with Gasteiger partial charge < -0.3 is 25.4 Å². The summed E-state index contributed by atoms with van der Waals surface area (Å²) in [5, 5.41) is 16.0. The molecule has 0 saturated carbocycles. The van der Waals surface area contributed by atoms with Gasteiger partial charge in [0.05, 0.1) is 41.5 Å². The summed E-state index contributed by atoms with van der Waals surface area (Å²) in [7, 11) is 5.51. The van der Waals surface area contributed by atoms with Crippen molar-refractivity contribution < 1.29 is 14.6 Å². The molecule has 1 heterocycles. The first kappa shape index (κ1) is 25.3. The van der Waals surface area contributed by atoms with Crippen molar-refractivity contribution in [3.63, 3.8) is 0 Å². The number of amides is 1. The molecule has 0 saturated heterocycles. The van der Waals surface area contributed by atoms with Crippen LogP contribution in [0.2, 0.25) is 5.02 Å². The normalized spacial score (nSPS) is 11.4. The third-order valence-electron chi connectivity index (χ3n) is 5.07. The molecule has 0 fully saturated rings. The number of halogens is 1. The van der Waals surface area contributed by atoms with Crippen LogP contribution in [0.5, 0.6) is 11.5 Å². The largest absolute Gasteiger partial charge is 0.508 e. The van der Waals surface area contributed by atoms with E-state index in [1.165, 1.54) is 7.11 Å². The van der Waals surface area contributed by atoms with Crippen LogP contribution in [-0.4, -0.2) is 60.2 Å². The molecule has 3 N–H and O–H groups in total. The molecule has 1 amide bonds. The first-order valence-electron chi connectivity index (χ1n) is 10.8. The Hall–Kier alpha value is -3.36. The number of benzene rings is 2. The second kappa shape index (κ2) is 10.7. The molecule has 180 valence electrons. The van der Waals surface area contributed by atoms with Crippen LogP contribution in [0.25, 0.3) is 11.3 Å². The van der Waals surface area contributed by atoms with Crippen molar-refractivity contribution in [3.8, 4) is 22.8 Å². The lowest BCUT2D eigenvalue weighted by atomic mass is 9.93. The molecule has 34 heavy (non-hydrogen) atoms. The highest BCUT2D eigenvalue weighted by atomic mass is 35.5. The number of carbonyl (C=O) groups is 1. The molecule has 0 spiro atoms. The van der Waals surface area contributed by atoms with E-state index in [1.54, 1.807) is 48.8 Å².